The van der Waals surface area contributed by atoms with Crippen LogP contribution < -0.4 is 0 Å². The molecule has 6 atom stereocenters. The van der Waals surface area contributed by atoms with Gasteiger partial charge in [0.1, 0.15) is 0 Å². The van der Waals surface area contributed by atoms with E-state index in [-0.39, 0.29) is 16.9 Å². The Hall–Kier alpha value is 0.660. The van der Waals surface area contributed by atoms with Crippen molar-refractivity contribution in [3.8, 4) is 0 Å². The van der Waals surface area contributed by atoms with Gasteiger partial charge in [-0.25, -0.2) is 0 Å². The summed E-state index contributed by atoms with van der Waals surface area (Å²) in [5.74, 6) is 6.18. The summed E-state index contributed by atoms with van der Waals surface area (Å²) < 4.78 is 34.5. The van der Waals surface area contributed by atoms with E-state index >= 15 is 0 Å². The van der Waals surface area contributed by atoms with Gasteiger partial charge in [0.05, 0.1) is 37.9 Å². The van der Waals surface area contributed by atoms with Crippen LogP contribution in [0.25, 0.3) is 0 Å². The summed E-state index contributed by atoms with van der Waals surface area (Å²) in [5, 5.41) is 0. The third-order valence-electron chi connectivity index (χ3n) is 20.7. The van der Waals surface area contributed by atoms with Crippen molar-refractivity contribution in [1.82, 2.24) is 0 Å². The molecule has 0 radical (unpaired) electrons. The lowest BCUT2D eigenvalue weighted by Crippen LogP contribution is -2.50. The second kappa shape index (κ2) is 19.9. The summed E-state index contributed by atoms with van der Waals surface area (Å²) in [7, 11) is -2.31. The molecule has 6 aliphatic carbocycles. The summed E-state index contributed by atoms with van der Waals surface area (Å²) in [6, 6.07) is 0. The summed E-state index contributed by atoms with van der Waals surface area (Å²) in [6.07, 6.45) is 36.4. The molecule has 6 unspecified atom stereocenters. The van der Waals surface area contributed by atoms with Crippen molar-refractivity contribution in [2.75, 3.05) is 26.4 Å². The summed E-state index contributed by atoms with van der Waals surface area (Å²) >= 11 is 0. The van der Waals surface area contributed by atoms with Crippen LogP contribution in [-0.2, 0) is 22.6 Å². The second-order valence-corrected chi connectivity index (χ2v) is 28.1. The van der Waals surface area contributed by atoms with Crippen molar-refractivity contribution in [1.29, 1.82) is 0 Å². The zero-order valence-electron chi connectivity index (χ0n) is 40.4. The Morgan fingerprint density at radius 3 is 1.20 bits per heavy atom. The van der Waals surface area contributed by atoms with Gasteiger partial charge in [0.2, 0.25) is 0 Å². The number of hydrogen-bond donors (Lipinski definition) is 0. The van der Waals surface area contributed by atoms with Gasteiger partial charge in [0.25, 0.3) is 0 Å². The molecule has 0 bridgehead atoms. The van der Waals surface area contributed by atoms with E-state index in [0.717, 1.165) is 41.9 Å². The summed E-state index contributed by atoms with van der Waals surface area (Å²) in [5.41, 5.74) is 1.70. The topological polar surface area (TPSA) is 46.2 Å². The third-order valence-corrected chi connectivity index (χ3v) is 23.7. The van der Waals surface area contributed by atoms with Gasteiger partial charge >= 0.3 is 8.60 Å². The molecule has 0 aromatic carbocycles. The number of hydrogen-bond acceptors (Lipinski definition) is 5. The maximum absolute atomic E-state index is 7.11. The lowest BCUT2D eigenvalue weighted by molar-refractivity contribution is -0.0971. The van der Waals surface area contributed by atoms with E-state index in [9.17, 15) is 0 Å². The van der Waals surface area contributed by atoms with Gasteiger partial charge in [-0.2, -0.15) is 0 Å². The highest BCUT2D eigenvalue weighted by Gasteiger charge is 2.55. The van der Waals surface area contributed by atoms with E-state index in [1.165, 1.54) is 161 Å². The van der Waals surface area contributed by atoms with Gasteiger partial charge < -0.3 is 22.6 Å². The maximum atomic E-state index is 7.11. The van der Waals surface area contributed by atoms with Crippen molar-refractivity contribution in [2.24, 2.45) is 74.4 Å². The van der Waals surface area contributed by atoms with E-state index in [4.69, 9.17) is 22.6 Å². The molecule has 346 valence electrons. The first-order valence-corrected chi connectivity index (χ1v) is 28.8. The highest BCUT2D eigenvalue weighted by Crippen LogP contribution is 2.65. The molecule has 0 amide bonds. The fourth-order valence-corrected chi connectivity index (χ4v) is 19.6. The smallest absolute Gasteiger partial charge is 0.332 e. The minimum atomic E-state index is -1.37. The molecular weight excluding hydrogens is 779 g/mol. The Morgan fingerprint density at radius 2 is 0.750 bits per heavy atom. The van der Waals surface area contributed by atoms with Crippen LogP contribution in [0.3, 0.4) is 0 Å². The fourth-order valence-electron chi connectivity index (χ4n) is 15.7. The molecule has 5 nitrogen and oxygen atoms in total. The highest BCUT2D eigenvalue weighted by atomic mass is 31.2. The van der Waals surface area contributed by atoms with Crippen LogP contribution in [0.1, 0.15) is 222 Å². The van der Waals surface area contributed by atoms with Gasteiger partial charge in [0, 0.05) is 5.66 Å². The molecule has 1 spiro atoms. The van der Waals surface area contributed by atoms with Crippen LogP contribution in [0.2, 0.25) is 0 Å². The lowest BCUT2D eigenvalue weighted by Gasteiger charge is -2.55. The van der Waals surface area contributed by atoms with E-state index in [2.05, 4.69) is 55.4 Å². The van der Waals surface area contributed by atoms with Crippen LogP contribution in [-0.4, -0.2) is 38.2 Å². The molecule has 8 rings (SSSR count). The predicted octanol–water partition coefficient (Wildman–Crippen LogP) is 16.6. The Labute approximate surface area is 373 Å². The van der Waals surface area contributed by atoms with E-state index in [0.29, 0.717) is 60.2 Å². The molecule has 2 aliphatic heterocycles. The molecule has 0 aromatic heterocycles. The molecule has 0 N–H and O–H groups in total. The molecule has 7 heteroatoms. The van der Waals surface area contributed by atoms with Gasteiger partial charge in [0.15, 0.2) is 8.38 Å². The van der Waals surface area contributed by atoms with Gasteiger partial charge in [-0.3, -0.25) is 0 Å². The van der Waals surface area contributed by atoms with E-state index < -0.39 is 17.0 Å². The zero-order valence-corrected chi connectivity index (χ0v) is 42.2. The first kappa shape index (κ1) is 47.2. The molecular formula is C53H94O5P2. The molecule has 60 heavy (non-hydrogen) atoms. The third kappa shape index (κ3) is 10.1. The predicted molar refractivity (Wildman–Crippen MR) is 252 cm³/mol. The molecule has 2 saturated heterocycles. The minimum Gasteiger partial charge on any atom is -0.333 e. The van der Waals surface area contributed by atoms with Gasteiger partial charge in [-0.05, 0) is 159 Å². The molecule has 8 aliphatic rings. The van der Waals surface area contributed by atoms with Crippen molar-refractivity contribution in [3.63, 3.8) is 0 Å². The molecule has 8 fully saturated rings. The first-order valence-electron chi connectivity index (χ1n) is 26.5. The average Bonchev–Trinajstić information content (AvgIpc) is 3.28. The Bertz CT molecular complexity index is 1320. The average molecular weight is 873 g/mol. The van der Waals surface area contributed by atoms with Crippen molar-refractivity contribution < 1.29 is 22.6 Å². The van der Waals surface area contributed by atoms with Crippen LogP contribution in [0.4, 0.5) is 0 Å². The standard InChI is InChI=1S/C53H94O5P2/c1-49(2,39-21-13-9-14-22-39)43-29-31-47(45(33-43)51(5,6)41-25-17-11-18-26-41)58-60-56-37-53(38-57-60)35-54-59(55-36-53)48-32-30-44(50(3,4)40-23-15-10-16-24-40)34-46(48)52(7,8)42-27-19-12-20-28-42/h39-48H,9-38H2,1-8H3. The molecule has 2 heterocycles. The molecule has 0 aromatic rings. The maximum Gasteiger partial charge on any atom is 0.332 e. The molecule has 6 saturated carbocycles. The Morgan fingerprint density at radius 1 is 0.383 bits per heavy atom. The van der Waals surface area contributed by atoms with E-state index in [1.54, 1.807) is 0 Å². The van der Waals surface area contributed by atoms with Crippen molar-refractivity contribution in [3.05, 3.63) is 0 Å². The zero-order chi connectivity index (χ0) is 42.2. The largest absolute Gasteiger partial charge is 0.333 e. The van der Waals surface area contributed by atoms with Crippen LogP contribution in [0.5, 0.6) is 0 Å². The van der Waals surface area contributed by atoms with Gasteiger partial charge in [-0.15, -0.1) is 0 Å². The normalized spacial score (nSPS) is 38.6. The Balaban J connectivity index is 0.898. The fraction of sp³-hybridized carbons (Fsp3) is 1.00. The second-order valence-electron chi connectivity index (χ2n) is 25.2. The van der Waals surface area contributed by atoms with Crippen LogP contribution in [0, 0.1) is 74.4 Å². The highest BCUT2D eigenvalue weighted by molar-refractivity contribution is 7.48. The number of rotatable bonds is 11. The minimum absolute atomic E-state index is 0.217. The summed E-state index contributed by atoms with van der Waals surface area (Å²) in [6.45, 7) is 23.8. The lowest BCUT2D eigenvalue weighted by atomic mass is 9.54. The quantitative estimate of drug-likeness (QED) is 0.194. The summed E-state index contributed by atoms with van der Waals surface area (Å²) in [4.78, 5) is 0. The van der Waals surface area contributed by atoms with Crippen molar-refractivity contribution in [2.45, 2.75) is 234 Å². The van der Waals surface area contributed by atoms with Crippen molar-refractivity contribution >= 4 is 17.0 Å². The SMILES string of the molecule is CC(C)(C1CCCCC1)C1CCC(OP2OCC3(CO2)COP(C2CCC(C(C)(C)C4CCCCC4)CC2C(C)(C)C2CCCCC2)OC3)C(C(C)(C)C2CCCCC2)C1. The van der Waals surface area contributed by atoms with Gasteiger partial charge in [-0.1, -0.05) is 132 Å². The van der Waals surface area contributed by atoms with Crippen LogP contribution >= 0.6 is 17.0 Å². The Kier molecular flexibility index (Phi) is 15.6. The van der Waals surface area contributed by atoms with Crippen LogP contribution in [0.15, 0.2) is 0 Å². The monoisotopic (exact) mass is 873 g/mol. The first-order chi connectivity index (χ1) is 28.7. The van der Waals surface area contributed by atoms with E-state index in [1.807, 2.05) is 0 Å².